The Kier molecular flexibility index (Phi) is 4.70. The molecule has 4 nitrogen and oxygen atoms in total. The number of benzene rings is 2. The number of methoxy groups -OCH3 is 3. The van der Waals surface area contributed by atoms with Crippen molar-refractivity contribution >= 4 is 0 Å². The summed E-state index contributed by atoms with van der Waals surface area (Å²) in [5.74, 6) is 1.52. The number of rotatable bonds is 5. The minimum atomic E-state index is -0.791. The van der Waals surface area contributed by atoms with Crippen molar-refractivity contribution in [3.8, 4) is 17.2 Å². The van der Waals surface area contributed by atoms with Gasteiger partial charge in [-0.3, -0.25) is 0 Å². The quantitative estimate of drug-likeness (QED) is 0.918. The maximum Gasteiger partial charge on any atom is 0.203 e. The molecule has 0 bridgehead atoms. The van der Waals surface area contributed by atoms with E-state index in [1.165, 1.54) is 0 Å². The van der Waals surface area contributed by atoms with Gasteiger partial charge in [0, 0.05) is 5.56 Å². The van der Waals surface area contributed by atoms with Crippen LogP contribution in [0.5, 0.6) is 17.2 Å². The summed E-state index contributed by atoms with van der Waals surface area (Å²) in [4.78, 5) is 0. The smallest absolute Gasteiger partial charge is 0.203 e. The summed E-state index contributed by atoms with van der Waals surface area (Å²) in [6.45, 7) is 1.96. The normalized spacial score (nSPS) is 11.9. The third kappa shape index (κ3) is 2.81. The van der Waals surface area contributed by atoms with Gasteiger partial charge in [-0.05, 0) is 30.2 Å². The third-order valence-corrected chi connectivity index (χ3v) is 3.51. The van der Waals surface area contributed by atoms with Crippen molar-refractivity contribution in [3.05, 3.63) is 53.1 Å². The zero-order valence-electron chi connectivity index (χ0n) is 12.7. The molecule has 2 rings (SSSR count). The Labute approximate surface area is 124 Å². The van der Waals surface area contributed by atoms with Crippen LogP contribution in [0.15, 0.2) is 36.4 Å². The first-order chi connectivity index (χ1) is 10.1. The van der Waals surface area contributed by atoms with Gasteiger partial charge in [0.1, 0.15) is 6.10 Å². The molecule has 0 spiro atoms. The first-order valence-electron chi connectivity index (χ1n) is 6.66. The van der Waals surface area contributed by atoms with Crippen LogP contribution >= 0.6 is 0 Å². The Morgan fingerprint density at radius 3 is 2.05 bits per heavy atom. The molecule has 2 aromatic rings. The van der Waals surface area contributed by atoms with Gasteiger partial charge in [0.2, 0.25) is 5.75 Å². The largest absolute Gasteiger partial charge is 0.493 e. The molecule has 0 amide bonds. The van der Waals surface area contributed by atoms with Gasteiger partial charge < -0.3 is 19.3 Å². The van der Waals surface area contributed by atoms with E-state index in [2.05, 4.69) is 0 Å². The first-order valence-corrected chi connectivity index (χ1v) is 6.66. The molecule has 21 heavy (non-hydrogen) atoms. The van der Waals surface area contributed by atoms with Gasteiger partial charge in [0.15, 0.2) is 11.5 Å². The van der Waals surface area contributed by atoms with Crippen molar-refractivity contribution in [2.45, 2.75) is 13.0 Å². The van der Waals surface area contributed by atoms with E-state index in [9.17, 15) is 5.11 Å². The second kappa shape index (κ2) is 6.50. The van der Waals surface area contributed by atoms with Gasteiger partial charge in [-0.2, -0.15) is 0 Å². The average molecular weight is 288 g/mol. The molecule has 0 heterocycles. The number of aliphatic hydroxyl groups excluding tert-OH is 1. The molecule has 0 radical (unpaired) electrons. The van der Waals surface area contributed by atoms with Crippen LogP contribution in [-0.2, 0) is 0 Å². The molecule has 0 aliphatic heterocycles. The summed E-state index contributed by atoms with van der Waals surface area (Å²) in [6, 6.07) is 11.3. The van der Waals surface area contributed by atoms with E-state index < -0.39 is 6.10 Å². The van der Waals surface area contributed by atoms with E-state index in [0.717, 1.165) is 11.1 Å². The van der Waals surface area contributed by atoms with E-state index in [-0.39, 0.29) is 0 Å². The minimum absolute atomic E-state index is 0.477. The zero-order valence-corrected chi connectivity index (χ0v) is 12.7. The molecular weight excluding hydrogens is 268 g/mol. The monoisotopic (exact) mass is 288 g/mol. The van der Waals surface area contributed by atoms with Gasteiger partial charge >= 0.3 is 0 Å². The molecule has 1 N–H and O–H groups in total. The number of aliphatic hydroxyl groups is 1. The maximum absolute atomic E-state index is 10.7. The van der Waals surface area contributed by atoms with E-state index in [4.69, 9.17) is 14.2 Å². The molecule has 112 valence electrons. The Bertz CT molecular complexity index is 622. The molecule has 0 saturated heterocycles. The molecular formula is C17H20O4. The fraction of sp³-hybridized carbons (Fsp3) is 0.294. The lowest BCUT2D eigenvalue weighted by Gasteiger charge is -2.20. The zero-order chi connectivity index (χ0) is 15.4. The topological polar surface area (TPSA) is 47.9 Å². The Hall–Kier alpha value is -2.20. The molecule has 0 aliphatic carbocycles. The highest BCUT2D eigenvalue weighted by Crippen LogP contribution is 2.43. The van der Waals surface area contributed by atoms with E-state index >= 15 is 0 Å². The number of hydrogen-bond donors (Lipinski definition) is 1. The standard InChI is InChI=1S/C17H20O4/c1-11-7-5-6-8-12(11)15(18)13-9-10-14(19-2)17(21-4)16(13)20-3/h5-10,15,18H,1-4H3. The lowest BCUT2D eigenvalue weighted by molar-refractivity contribution is 0.211. The lowest BCUT2D eigenvalue weighted by atomic mass is 9.96. The van der Waals surface area contributed by atoms with Crippen LogP contribution in [0.25, 0.3) is 0 Å². The van der Waals surface area contributed by atoms with Crippen molar-refractivity contribution in [3.63, 3.8) is 0 Å². The molecule has 0 saturated carbocycles. The SMILES string of the molecule is COc1ccc(C(O)c2ccccc2C)c(OC)c1OC. The lowest BCUT2D eigenvalue weighted by Crippen LogP contribution is -2.06. The van der Waals surface area contributed by atoms with E-state index in [1.54, 1.807) is 33.5 Å². The van der Waals surface area contributed by atoms with Crippen LogP contribution < -0.4 is 14.2 Å². The molecule has 4 heteroatoms. The van der Waals surface area contributed by atoms with Crippen molar-refractivity contribution in [2.24, 2.45) is 0 Å². The Morgan fingerprint density at radius 2 is 1.48 bits per heavy atom. The van der Waals surface area contributed by atoms with Crippen LogP contribution in [0.4, 0.5) is 0 Å². The predicted octanol–water partition coefficient (Wildman–Crippen LogP) is 3.10. The second-order valence-corrected chi connectivity index (χ2v) is 4.68. The van der Waals surface area contributed by atoms with Gasteiger partial charge in [-0.1, -0.05) is 24.3 Å². The Morgan fingerprint density at radius 1 is 0.810 bits per heavy atom. The highest BCUT2D eigenvalue weighted by atomic mass is 16.5. The average Bonchev–Trinajstić information content (AvgIpc) is 2.52. The minimum Gasteiger partial charge on any atom is -0.493 e. The van der Waals surface area contributed by atoms with Crippen molar-refractivity contribution in [2.75, 3.05) is 21.3 Å². The molecule has 0 fully saturated rings. The summed E-state index contributed by atoms with van der Waals surface area (Å²) in [5, 5.41) is 10.7. The highest BCUT2D eigenvalue weighted by molar-refractivity contribution is 5.58. The van der Waals surface area contributed by atoms with Crippen molar-refractivity contribution in [1.82, 2.24) is 0 Å². The third-order valence-electron chi connectivity index (χ3n) is 3.51. The summed E-state index contributed by atoms with van der Waals surface area (Å²) in [5.41, 5.74) is 2.49. The van der Waals surface area contributed by atoms with Crippen LogP contribution in [-0.4, -0.2) is 26.4 Å². The van der Waals surface area contributed by atoms with Gasteiger partial charge in [0.05, 0.1) is 21.3 Å². The van der Waals surface area contributed by atoms with E-state index in [0.29, 0.717) is 22.8 Å². The first kappa shape index (κ1) is 15.2. The fourth-order valence-corrected chi connectivity index (χ4v) is 2.40. The van der Waals surface area contributed by atoms with Gasteiger partial charge in [-0.15, -0.1) is 0 Å². The van der Waals surface area contributed by atoms with Crippen molar-refractivity contribution < 1.29 is 19.3 Å². The highest BCUT2D eigenvalue weighted by Gasteiger charge is 2.22. The molecule has 1 unspecified atom stereocenters. The van der Waals surface area contributed by atoms with Gasteiger partial charge in [-0.25, -0.2) is 0 Å². The van der Waals surface area contributed by atoms with Crippen LogP contribution in [0, 0.1) is 6.92 Å². The van der Waals surface area contributed by atoms with Gasteiger partial charge in [0.25, 0.3) is 0 Å². The Balaban J connectivity index is 2.56. The molecule has 2 aromatic carbocycles. The van der Waals surface area contributed by atoms with Crippen LogP contribution in [0.3, 0.4) is 0 Å². The maximum atomic E-state index is 10.7. The van der Waals surface area contributed by atoms with Crippen LogP contribution in [0.2, 0.25) is 0 Å². The van der Waals surface area contributed by atoms with Crippen LogP contribution in [0.1, 0.15) is 22.8 Å². The van der Waals surface area contributed by atoms with E-state index in [1.807, 2.05) is 31.2 Å². The number of hydrogen-bond acceptors (Lipinski definition) is 4. The summed E-state index contributed by atoms with van der Waals surface area (Å²) in [6.07, 6.45) is -0.791. The summed E-state index contributed by atoms with van der Waals surface area (Å²) in [7, 11) is 4.66. The predicted molar refractivity (Wildman–Crippen MR) is 81.3 cm³/mol. The molecule has 0 aliphatic rings. The molecule has 0 aromatic heterocycles. The number of aryl methyl sites for hydroxylation is 1. The van der Waals surface area contributed by atoms with Crippen molar-refractivity contribution in [1.29, 1.82) is 0 Å². The fourth-order valence-electron chi connectivity index (χ4n) is 2.40. The second-order valence-electron chi connectivity index (χ2n) is 4.68. The summed E-state index contributed by atoms with van der Waals surface area (Å²) < 4.78 is 16.0. The molecule has 1 atom stereocenters. The summed E-state index contributed by atoms with van der Waals surface area (Å²) >= 11 is 0. The number of ether oxygens (including phenoxy) is 3.